The van der Waals surface area contributed by atoms with Gasteiger partial charge in [0.2, 0.25) is 0 Å². The third-order valence-corrected chi connectivity index (χ3v) is 3.09. The van der Waals surface area contributed by atoms with E-state index in [-0.39, 0.29) is 11.7 Å². The molecule has 0 saturated heterocycles. The number of phenolic OH excluding ortho intramolecular Hbond substituents is 1. The van der Waals surface area contributed by atoms with Crippen LogP contribution in [0.15, 0.2) is 48.5 Å². The van der Waals surface area contributed by atoms with Gasteiger partial charge in [-0.05, 0) is 30.3 Å². The smallest absolute Gasteiger partial charge is 0.123 e. The molecule has 0 amide bonds. The number of benzene rings is 2. The first-order valence-electron chi connectivity index (χ1n) is 5.96. The van der Waals surface area contributed by atoms with E-state index in [4.69, 9.17) is 9.47 Å². The van der Waals surface area contributed by atoms with Crippen LogP contribution < -0.4 is 9.47 Å². The molecule has 2 aromatic rings. The Morgan fingerprint density at radius 1 is 1.11 bits per heavy atom. The van der Waals surface area contributed by atoms with Gasteiger partial charge < -0.3 is 14.6 Å². The van der Waals surface area contributed by atoms with Crippen molar-refractivity contribution in [2.75, 3.05) is 13.2 Å². The highest BCUT2D eigenvalue weighted by Gasteiger charge is 2.23. The highest BCUT2D eigenvalue weighted by atomic mass is 16.5. The van der Waals surface area contributed by atoms with Crippen molar-refractivity contribution in [2.45, 2.75) is 5.92 Å². The summed E-state index contributed by atoms with van der Waals surface area (Å²) in [5.74, 6) is 2.24. The Morgan fingerprint density at radius 2 is 1.89 bits per heavy atom. The molecule has 1 unspecified atom stereocenters. The number of ether oxygens (including phenoxy) is 2. The van der Waals surface area contributed by atoms with Crippen LogP contribution in [0, 0.1) is 0 Å². The van der Waals surface area contributed by atoms with Crippen LogP contribution in [0.3, 0.4) is 0 Å². The first kappa shape index (κ1) is 11.0. The maximum atomic E-state index is 9.19. The summed E-state index contributed by atoms with van der Waals surface area (Å²) in [6, 6.07) is 14.8. The van der Waals surface area contributed by atoms with Crippen molar-refractivity contribution in [3.8, 4) is 17.2 Å². The van der Waals surface area contributed by atoms with E-state index in [2.05, 4.69) is 6.07 Å². The third kappa shape index (κ3) is 2.12. The molecule has 18 heavy (non-hydrogen) atoms. The lowest BCUT2D eigenvalue weighted by Gasteiger charge is -2.11. The van der Waals surface area contributed by atoms with Gasteiger partial charge in [-0.15, -0.1) is 0 Å². The van der Waals surface area contributed by atoms with Gasteiger partial charge in [0.15, 0.2) is 0 Å². The highest BCUT2D eigenvalue weighted by Crippen LogP contribution is 2.33. The summed E-state index contributed by atoms with van der Waals surface area (Å²) in [5.41, 5.74) is 1.20. The van der Waals surface area contributed by atoms with Gasteiger partial charge in [0.05, 0.1) is 19.1 Å². The molecule has 1 atom stereocenters. The van der Waals surface area contributed by atoms with Crippen molar-refractivity contribution in [3.63, 3.8) is 0 Å². The van der Waals surface area contributed by atoms with E-state index in [1.54, 1.807) is 24.3 Å². The van der Waals surface area contributed by atoms with Crippen molar-refractivity contribution in [3.05, 3.63) is 54.1 Å². The van der Waals surface area contributed by atoms with Gasteiger partial charge in [-0.3, -0.25) is 0 Å². The SMILES string of the molecule is Oc1ccc(OCC2COc3ccccc32)cc1. The Bertz CT molecular complexity index is 534. The van der Waals surface area contributed by atoms with E-state index in [0.717, 1.165) is 11.5 Å². The largest absolute Gasteiger partial charge is 0.508 e. The Labute approximate surface area is 106 Å². The predicted octanol–water partition coefficient (Wildman–Crippen LogP) is 2.95. The van der Waals surface area contributed by atoms with Crippen LogP contribution >= 0.6 is 0 Å². The quantitative estimate of drug-likeness (QED) is 0.899. The molecule has 0 aromatic heterocycles. The van der Waals surface area contributed by atoms with Crippen LogP contribution in [0.1, 0.15) is 11.5 Å². The first-order chi connectivity index (χ1) is 8.83. The summed E-state index contributed by atoms with van der Waals surface area (Å²) in [6.07, 6.45) is 0. The van der Waals surface area contributed by atoms with Crippen LogP contribution in [-0.2, 0) is 0 Å². The molecule has 3 heteroatoms. The van der Waals surface area contributed by atoms with Crippen molar-refractivity contribution in [1.29, 1.82) is 0 Å². The molecule has 0 fully saturated rings. The third-order valence-electron chi connectivity index (χ3n) is 3.09. The van der Waals surface area contributed by atoms with Gasteiger partial charge in [-0.2, -0.15) is 0 Å². The standard InChI is InChI=1S/C15H14O3/c16-12-5-7-13(8-6-12)17-9-11-10-18-15-4-2-1-3-14(11)15/h1-8,11,16H,9-10H2. The number of phenols is 1. The first-order valence-corrected chi connectivity index (χ1v) is 5.96. The zero-order valence-electron chi connectivity index (χ0n) is 9.87. The van der Waals surface area contributed by atoms with Crippen molar-refractivity contribution in [1.82, 2.24) is 0 Å². The van der Waals surface area contributed by atoms with E-state index in [0.29, 0.717) is 13.2 Å². The summed E-state index contributed by atoms with van der Waals surface area (Å²) in [5, 5.41) is 9.19. The Balaban J connectivity index is 1.67. The van der Waals surface area contributed by atoms with E-state index in [1.807, 2.05) is 18.2 Å². The second-order valence-electron chi connectivity index (χ2n) is 4.35. The van der Waals surface area contributed by atoms with Crippen molar-refractivity contribution in [2.24, 2.45) is 0 Å². The molecule has 1 aliphatic heterocycles. The fourth-order valence-corrected chi connectivity index (χ4v) is 2.11. The molecular weight excluding hydrogens is 228 g/mol. The number of hydrogen-bond acceptors (Lipinski definition) is 3. The number of fused-ring (bicyclic) bond motifs is 1. The lowest BCUT2D eigenvalue weighted by atomic mass is 10.0. The van der Waals surface area contributed by atoms with E-state index >= 15 is 0 Å². The van der Waals surface area contributed by atoms with E-state index < -0.39 is 0 Å². The van der Waals surface area contributed by atoms with E-state index in [9.17, 15) is 5.11 Å². The number of para-hydroxylation sites is 1. The average Bonchev–Trinajstić information content (AvgIpc) is 2.82. The lowest BCUT2D eigenvalue weighted by molar-refractivity contribution is 0.248. The molecule has 0 radical (unpaired) electrons. The van der Waals surface area contributed by atoms with Gasteiger partial charge in [-0.25, -0.2) is 0 Å². The molecule has 1 N–H and O–H groups in total. The molecular formula is C15H14O3. The molecule has 0 bridgehead atoms. The predicted molar refractivity (Wildman–Crippen MR) is 68.3 cm³/mol. The monoisotopic (exact) mass is 242 g/mol. The molecule has 3 nitrogen and oxygen atoms in total. The van der Waals surface area contributed by atoms with E-state index in [1.165, 1.54) is 5.56 Å². The van der Waals surface area contributed by atoms with Crippen molar-refractivity contribution < 1.29 is 14.6 Å². The van der Waals surface area contributed by atoms with Gasteiger partial charge in [0, 0.05) is 5.56 Å². The summed E-state index contributed by atoms with van der Waals surface area (Å²) in [6.45, 7) is 1.25. The minimum absolute atomic E-state index is 0.247. The van der Waals surface area contributed by atoms with Crippen LogP contribution in [0.2, 0.25) is 0 Å². The van der Waals surface area contributed by atoms with Gasteiger partial charge in [0.1, 0.15) is 17.2 Å². The molecule has 0 aliphatic carbocycles. The van der Waals surface area contributed by atoms with Crippen molar-refractivity contribution >= 4 is 0 Å². The molecule has 92 valence electrons. The van der Waals surface area contributed by atoms with Crippen LogP contribution in [0.25, 0.3) is 0 Å². The zero-order chi connectivity index (χ0) is 12.4. The maximum absolute atomic E-state index is 9.19. The van der Waals surface area contributed by atoms with Gasteiger partial charge in [-0.1, -0.05) is 18.2 Å². The maximum Gasteiger partial charge on any atom is 0.123 e. The Hall–Kier alpha value is -2.16. The van der Waals surface area contributed by atoms with Crippen LogP contribution in [0.4, 0.5) is 0 Å². The summed E-state index contributed by atoms with van der Waals surface area (Å²) >= 11 is 0. The zero-order valence-corrected chi connectivity index (χ0v) is 9.87. The summed E-state index contributed by atoms with van der Waals surface area (Å²) < 4.78 is 11.3. The highest BCUT2D eigenvalue weighted by molar-refractivity contribution is 5.40. The molecule has 3 rings (SSSR count). The average molecular weight is 242 g/mol. The lowest BCUT2D eigenvalue weighted by Crippen LogP contribution is -2.11. The van der Waals surface area contributed by atoms with Gasteiger partial charge in [0.25, 0.3) is 0 Å². The topological polar surface area (TPSA) is 38.7 Å². The second kappa shape index (κ2) is 4.61. The second-order valence-corrected chi connectivity index (χ2v) is 4.35. The summed E-state index contributed by atoms with van der Waals surface area (Å²) in [4.78, 5) is 0. The summed E-state index contributed by atoms with van der Waals surface area (Å²) in [7, 11) is 0. The molecule has 0 saturated carbocycles. The Morgan fingerprint density at radius 3 is 2.72 bits per heavy atom. The number of rotatable bonds is 3. The number of hydrogen-bond donors (Lipinski definition) is 1. The molecule has 1 aliphatic rings. The minimum atomic E-state index is 0.247. The fraction of sp³-hybridized carbons (Fsp3) is 0.200. The van der Waals surface area contributed by atoms with Crippen LogP contribution in [0.5, 0.6) is 17.2 Å². The van der Waals surface area contributed by atoms with Gasteiger partial charge >= 0.3 is 0 Å². The normalized spacial score (nSPS) is 17.0. The minimum Gasteiger partial charge on any atom is -0.508 e. The fourth-order valence-electron chi connectivity index (χ4n) is 2.11. The molecule has 2 aromatic carbocycles. The van der Waals surface area contributed by atoms with Crippen LogP contribution in [-0.4, -0.2) is 18.3 Å². The molecule has 0 spiro atoms. The molecule has 1 heterocycles. The Kier molecular flexibility index (Phi) is 2.81. The number of aromatic hydroxyl groups is 1.